The SMILES string of the molecule is Cc1cc(C)n(CCCNC(=O)C2CC(C)CCN2)n1. The summed E-state index contributed by atoms with van der Waals surface area (Å²) in [6.45, 7) is 8.79. The highest BCUT2D eigenvalue weighted by atomic mass is 16.2. The topological polar surface area (TPSA) is 59.0 Å². The van der Waals surface area contributed by atoms with E-state index in [2.05, 4.69) is 35.6 Å². The van der Waals surface area contributed by atoms with E-state index < -0.39 is 0 Å². The van der Waals surface area contributed by atoms with Crippen molar-refractivity contribution in [2.24, 2.45) is 5.92 Å². The van der Waals surface area contributed by atoms with Crippen molar-refractivity contribution in [3.63, 3.8) is 0 Å². The van der Waals surface area contributed by atoms with Crippen molar-refractivity contribution in [1.82, 2.24) is 20.4 Å². The van der Waals surface area contributed by atoms with Crippen molar-refractivity contribution in [2.45, 2.75) is 52.6 Å². The number of carbonyl (C=O) groups excluding carboxylic acids is 1. The van der Waals surface area contributed by atoms with Crippen LogP contribution < -0.4 is 10.6 Å². The minimum Gasteiger partial charge on any atom is -0.355 e. The predicted molar refractivity (Wildman–Crippen MR) is 79.5 cm³/mol. The number of carbonyl (C=O) groups is 1. The van der Waals surface area contributed by atoms with E-state index in [0.717, 1.165) is 31.6 Å². The zero-order valence-electron chi connectivity index (χ0n) is 12.8. The minimum absolute atomic E-state index is 0.00701. The van der Waals surface area contributed by atoms with Crippen LogP contribution in [0.5, 0.6) is 0 Å². The van der Waals surface area contributed by atoms with Crippen LogP contribution in [-0.2, 0) is 11.3 Å². The van der Waals surface area contributed by atoms with Crippen molar-refractivity contribution in [3.8, 4) is 0 Å². The first-order valence-electron chi connectivity index (χ1n) is 7.58. The average molecular weight is 278 g/mol. The number of aryl methyl sites for hydroxylation is 3. The summed E-state index contributed by atoms with van der Waals surface area (Å²) in [6.07, 6.45) is 3.03. The minimum atomic E-state index is -0.00701. The Hall–Kier alpha value is -1.36. The lowest BCUT2D eigenvalue weighted by molar-refractivity contribution is -0.124. The highest BCUT2D eigenvalue weighted by Crippen LogP contribution is 2.14. The van der Waals surface area contributed by atoms with Crippen LogP contribution in [0.2, 0.25) is 0 Å². The second-order valence-corrected chi connectivity index (χ2v) is 5.93. The molecule has 2 unspecified atom stereocenters. The summed E-state index contributed by atoms with van der Waals surface area (Å²) in [5.74, 6) is 0.784. The Balaban J connectivity index is 1.68. The molecule has 0 saturated carbocycles. The van der Waals surface area contributed by atoms with Crippen LogP contribution in [0, 0.1) is 19.8 Å². The lowest BCUT2D eigenvalue weighted by Crippen LogP contribution is -2.48. The van der Waals surface area contributed by atoms with E-state index in [1.54, 1.807) is 0 Å². The Kier molecular flexibility index (Phi) is 5.17. The van der Waals surface area contributed by atoms with E-state index in [9.17, 15) is 4.79 Å². The molecule has 0 bridgehead atoms. The molecule has 1 aromatic rings. The molecule has 1 aliphatic rings. The van der Waals surface area contributed by atoms with Gasteiger partial charge in [0.1, 0.15) is 0 Å². The normalized spacial score (nSPS) is 22.8. The number of piperidine rings is 1. The summed E-state index contributed by atoms with van der Waals surface area (Å²) < 4.78 is 2.00. The van der Waals surface area contributed by atoms with Gasteiger partial charge in [0, 0.05) is 18.8 Å². The van der Waals surface area contributed by atoms with Gasteiger partial charge in [0.2, 0.25) is 5.91 Å². The number of aromatic nitrogens is 2. The zero-order chi connectivity index (χ0) is 14.5. The summed E-state index contributed by atoms with van der Waals surface area (Å²) in [5, 5.41) is 10.7. The van der Waals surface area contributed by atoms with Crippen molar-refractivity contribution in [2.75, 3.05) is 13.1 Å². The highest BCUT2D eigenvalue weighted by Gasteiger charge is 2.23. The molecule has 1 amide bonds. The molecule has 1 aromatic heterocycles. The van der Waals surface area contributed by atoms with Crippen LogP contribution in [0.15, 0.2) is 6.07 Å². The lowest BCUT2D eigenvalue weighted by Gasteiger charge is -2.27. The fraction of sp³-hybridized carbons (Fsp3) is 0.733. The van der Waals surface area contributed by atoms with Gasteiger partial charge in [0.05, 0.1) is 11.7 Å². The molecule has 0 aromatic carbocycles. The molecule has 5 heteroatoms. The fourth-order valence-electron chi connectivity index (χ4n) is 2.77. The van der Waals surface area contributed by atoms with E-state index in [1.807, 2.05) is 11.6 Å². The monoisotopic (exact) mass is 278 g/mol. The van der Waals surface area contributed by atoms with Gasteiger partial charge in [-0.2, -0.15) is 5.10 Å². The van der Waals surface area contributed by atoms with Gasteiger partial charge in [-0.15, -0.1) is 0 Å². The smallest absolute Gasteiger partial charge is 0.237 e. The maximum Gasteiger partial charge on any atom is 0.237 e. The molecular formula is C15H26N4O. The van der Waals surface area contributed by atoms with Crippen molar-refractivity contribution >= 4 is 5.91 Å². The third-order valence-corrected chi connectivity index (χ3v) is 3.93. The fourth-order valence-corrected chi connectivity index (χ4v) is 2.77. The molecule has 2 N–H and O–H groups in total. The van der Waals surface area contributed by atoms with Gasteiger partial charge in [0.15, 0.2) is 0 Å². The van der Waals surface area contributed by atoms with E-state index in [0.29, 0.717) is 12.5 Å². The van der Waals surface area contributed by atoms with Crippen LogP contribution in [-0.4, -0.2) is 34.8 Å². The number of nitrogens with zero attached hydrogens (tertiary/aromatic N) is 2. The second-order valence-electron chi connectivity index (χ2n) is 5.93. The standard InChI is InChI=1S/C15H26N4O/c1-11-5-7-16-14(9-11)15(20)17-6-4-8-19-13(3)10-12(2)18-19/h10-11,14,16H,4-9H2,1-3H3,(H,17,20). The number of nitrogens with one attached hydrogen (secondary N) is 2. The van der Waals surface area contributed by atoms with Gasteiger partial charge >= 0.3 is 0 Å². The van der Waals surface area contributed by atoms with Crippen molar-refractivity contribution in [1.29, 1.82) is 0 Å². The summed E-state index contributed by atoms with van der Waals surface area (Å²) in [6, 6.07) is 2.07. The molecule has 20 heavy (non-hydrogen) atoms. The van der Waals surface area contributed by atoms with Gasteiger partial charge in [-0.1, -0.05) is 6.92 Å². The summed E-state index contributed by atoms with van der Waals surface area (Å²) >= 11 is 0. The summed E-state index contributed by atoms with van der Waals surface area (Å²) in [7, 11) is 0. The van der Waals surface area contributed by atoms with E-state index in [4.69, 9.17) is 0 Å². The number of hydrogen-bond donors (Lipinski definition) is 2. The van der Waals surface area contributed by atoms with Gasteiger partial charge in [0.25, 0.3) is 0 Å². The van der Waals surface area contributed by atoms with Gasteiger partial charge in [-0.05, 0) is 51.6 Å². The first kappa shape index (κ1) is 15.0. The molecule has 2 heterocycles. The quantitative estimate of drug-likeness (QED) is 0.800. The summed E-state index contributed by atoms with van der Waals surface area (Å²) in [4.78, 5) is 12.0. The molecule has 1 fully saturated rings. The number of hydrogen-bond acceptors (Lipinski definition) is 3. The summed E-state index contributed by atoms with van der Waals surface area (Å²) in [5.41, 5.74) is 2.23. The molecule has 1 aliphatic heterocycles. The van der Waals surface area contributed by atoms with Crippen LogP contribution >= 0.6 is 0 Å². The molecule has 0 spiro atoms. The first-order valence-corrected chi connectivity index (χ1v) is 7.58. The maximum atomic E-state index is 12.0. The molecule has 2 atom stereocenters. The van der Waals surface area contributed by atoms with Crippen molar-refractivity contribution < 1.29 is 4.79 Å². The van der Waals surface area contributed by atoms with E-state index in [1.165, 1.54) is 12.1 Å². The van der Waals surface area contributed by atoms with Gasteiger partial charge < -0.3 is 10.6 Å². The Morgan fingerprint density at radius 2 is 2.35 bits per heavy atom. The second kappa shape index (κ2) is 6.88. The Morgan fingerprint density at radius 3 is 3.00 bits per heavy atom. The molecule has 5 nitrogen and oxygen atoms in total. The van der Waals surface area contributed by atoms with Crippen molar-refractivity contribution in [3.05, 3.63) is 17.5 Å². The average Bonchev–Trinajstić information content (AvgIpc) is 2.73. The Bertz CT molecular complexity index is 455. The molecule has 0 radical (unpaired) electrons. The molecule has 112 valence electrons. The van der Waals surface area contributed by atoms with E-state index in [-0.39, 0.29) is 11.9 Å². The molecular weight excluding hydrogens is 252 g/mol. The predicted octanol–water partition coefficient (Wildman–Crippen LogP) is 1.39. The Morgan fingerprint density at radius 1 is 1.55 bits per heavy atom. The van der Waals surface area contributed by atoms with Crippen LogP contribution in [0.25, 0.3) is 0 Å². The van der Waals surface area contributed by atoms with Gasteiger partial charge in [-0.25, -0.2) is 0 Å². The lowest BCUT2D eigenvalue weighted by atomic mass is 9.94. The molecule has 0 aliphatic carbocycles. The van der Waals surface area contributed by atoms with Crippen LogP contribution in [0.1, 0.15) is 37.6 Å². The Labute approximate surface area is 121 Å². The maximum absolute atomic E-state index is 12.0. The van der Waals surface area contributed by atoms with E-state index >= 15 is 0 Å². The molecule has 2 rings (SSSR count). The van der Waals surface area contributed by atoms with Gasteiger partial charge in [-0.3, -0.25) is 9.48 Å². The third-order valence-electron chi connectivity index (χ3n) is 3.93. The van der Waals surface area contributed by atoms with Crippen LogP contribution in [0.4, 0.5) is 0 Å². The largest absolute Gasteiger partial charge is 0.355 e. The number of amides is 1. The molecule has 1 saturated heterocycles. The first-order chi connectivity index (χ1) is 9.56. The van der Waals surface area contributed by atoms with Crippen LogP contribution in [0.3, 0.4) is 0 Å². The third kappa shape index (κ3) is 4.07. The zero-order valence-corrected chi connectivity index (χ0v) is 12.8. The highest BCUT2D eigenvalue weighted by molar-refractivity contribution is 5.81. The number of rotatable bonds is 5.